The van der Waals surface area contributed by atoms with E-state index in [1.165, 1.54) is 40.4 Å². The van der Waals surface area contributed by atoms with E-state index in [-0.39, 0.29) is 33.8 Å². The van der Waals surface area contributed by atoms with Gasteiger partial charge in [-0.2, -0.15) is 0 Å². The summed E-state index contributed by atoms with van der Waals surface area (Å²) < 4.78 is 20.7. The maximum Gasteiger partial charge on any atom is 0.342 e. The molecule has 0 unspecified atom stereocenters. The minimum absolute atomic E-state index is 0.00819. The van der Waals surface area contributed by atoms with E-state index in [4.69, 9.17) is 18.6 Å². The topological polar surface area (TPSA) is 98.4 Å². The van der Waals surface area contributed by atoms with E-state index < -0.39 is 11.8 Å². The molecule has 114 valence electrons. The highest BCUT2D eigenvalue weighted by Gasteiger charge is 2.38. The molecule has 2 aromatic rings. The van der Waals surface area contributed by atoms with Crippen molar-refractivity contribution < 1.29 is 33.6 Å². The smallest absolute Gasteiger partial charge is 0.342 e. The molecule has 21 heavy (non-hydrogen) atoms. The molecule has 0 amide bonds. The van der Waals surface area contributed by atoms with Crippen LogP contribution < -0.4 is 0 Å². The van der Waals surface area contributed by atoms with Crippen LogP contribution in [0.4, 0.5) is 0 Å². The summed E-state index contributed by atoms with van der Waals surface area (Å²) in [6, 6.07) is 2.50. The van der Waals surface area contributed by atoms with Gasteiger partial charge in [0.25, 0.3) is 0 Å². The Morgan fingerprint density at radius 2 is 1.71 bits per heavy atom. The van der Waals surface area contributed by atoms with Crippen LogP contribution in [0.25, 0.3) is 11.0 Å². The number of phenols is 2. The Balaban J connectivity index is 2.91. The van der Waals surface area contributed by atoms with E-state index in [2.05, 4.69) is 0 Å². The molecule has 2 rings (SSSR count). The van der Waals surface area contributed by atoms with E-state index in [1.54, 1.807) is 0 Å². The molecule has 0 radical (unpaired) electrons. The van der Waals surface area contributed by atoms with Gasteiger partial charge in [-0.3, -0.25) is 0 Å². The predicted octanol–water partition coefficient (Wildman–Crippen LogP) is 2.10. The highest BCUT2D eigenvalue weighted by atomic mass is 16.7. The molecule has 0 fully saturated rings. The molecule has 0 atom stereocenters. The van der Waals surface area contributed by atoms with Crippen molar-refractivity contribution in [1.29, 1.82) is 0 Å². The first-order valence-electron chi connectivity index (χ1n) is 6.06. The van der Waals surface area contributed by atoms with Gasteiger partial charge in [-0.25, -0.2) is 4.79 Å². The predicted molar refractivity (Wildman–Crippen MR) is 72.3 cm³/mol. The van der Waals surface area contributed by atoms with Crippen LogP contribution in [0.5, 0.6) is 11.5 Å². The van der Waals surface area contributed by atoms with Gasteiger partial charge in [-0.05, 0) is 19.1 Å². The van der Waals surface area contributed by atoms with Gasteiger partial charge in [0, 0.05) is 14.2 Å². The van der Waals surface area contributed by atoms with Crippen molar-refractivity contribution in [3.8, 4) is 11.5 Å². The maximum atomic E-state index is 12.1. The SMILES string of the molecule is COC(=O)c1c(C(C)(OC)OC)oc2c(O)ccc(O)c12. The Kier molecular flexibility index (Phi) is 3.80. The number of hydrogen-bond donors (Lipinski definition) is 2. The zero-order chi connectivity index (χ0) is 15.8. The molecule has 0 saturated carbocycles. The summed E-state index contributed by atoms with van der Waals surface area (Å²) in [5.74, 6) is -2.60. The molecule has 0 bridgehead atoms. The number of fused-ring (bicyclic) bond motifs is 1. The number of aromatic hydroxyl groups is 2. The van der Waals surface area contributed by atoms with Crippen molar-refractivity contribution >= 4 is 16.9 Å². The van der Waals surface area contributed by atoms with Crippen molar-refractivity contribution in [2.45, 2.75) is 12.7 Å². The highest BCUT2D eigenvalue weighted by Crippen LogP contribution is 2.42. The number of carbonyl (C=O) groups is 1. The lowest BCUT2D eigenvalue weighted by atomic mass is 10.1. The zero-order valence-electron chi connectivity index (χ0n) is 12.1. The Bertz CT molecular complexity index is 682. The molecule has 1 aromatic heterocycles. The number of phenolic OH excluding ortho intramolecular Hbond substituents is 2. The lowest BCUT2D eigenvalue weighted by Gasteiger charge is -2.24. The summed E-state index contributed by atoms with van der Waals surface area (Å²) >= 11 is 0. The summed E-state index contributed by atoms with van der Waals surface area (Å²) in [7, 11) is 3.94. The van der Waals surface area contributed by atoms with Crippen LogP contribution >= 0.6 is 0 Å². The zero-order valence-corrected chi connectivity index (χ0v) is 12.1. The molecule has 1 aromatic carbocycles. The Morgan fingerprint density at radius 3 is 2.24 bits per heavy atom. The number of carbonyl (C=O) groups excluding carboxylic acids is 1. The number of hydrogen-bond acceptors (Lipinski definition) is 7. The third-order valence-electron chi connectivity index (χ3n) is 3.38. The van der Waals surface area contributed by atoms with E-state index in [9.17, 15) is 15.0 Å². The normalized spacial score (nSPS) is 11.8. The van der Waals surface area contributed by atoms with Crippen molar-refractivity contribution in [2.24, 2.45) is 0 Å². The summed E-state index contributed by atoms with van der Waals surface area (Å²) in [6.45, 7) is 1.53. The average Bonchev–Trinajstić information content (AvgIpc) is 2.91. The monoisotopic (exact) mass is 296 g/mol. The second-order valence-electron chi connectivity index (χ2n) is 4.46. The molecular formula is C14H16O7. The molecule has 0 aliphatic rings. The van der Waals surface area contributed by atoms with Crippen LogP contribution in [0.1, 0.15) is 23.0 Å². The van der Waals surface area contributed by atoms with E-state index in [0.29, 0.717) is 0 Å². The summed E-state index contributed by atoms with van der Waals surface area (Å²) in [4.78, 5) is 12.1. The molecule has 0 aliphatic carbocycles. The molecule has 7 nitrogen and oxygen atoms in total. The third kappa shape index (κ3) is 2.20. The first kappa shape index (κ1) is 15.1. The number of esters is 1. The minimum atomic E-state index is -1.39. The van der Waals surface area contributed by atoms with Gasteiger partial charge >= 0.3 is 5.97 Å². The van der Waals surface area contributed by atoms with E-state index in [0.717, 1.165) is 0 Å². The van der Waals surface area contributed by atoms with Gasteiger partial charge in [0.1, 0.15) is 11.3 Å². The second kappa shape index (κ2) is 5.27. The highest BCUT2D eigenvalue weighted by molar-refractivity contribution is 6.08. The largest absolute Gasteiger partial charge is 0.507 e. The number of benzene rings is 1. The van der Waals surface area contributed by atoms with Crippen LogP contribution in [0, 0.1) is 0 Å². The van der Waals surface area contributed by atoms with Crippen molar-refractivity contribution in [3.63, 3.8) is 0 Å². The fourth-order valence-electron chi connectivity index (χ4n) is 2.06. The minimum Gasteiger partial charge on any atom is -0.507 e. The molecule has 1 heterocycles. The number of rotatable bonds is 4. The van der Waals surface area contributed by atoms with Crippen LogP contribution in [0.15, 0.2) is 16.5 Å². The number of furan rings is 1. The fraction of sp³-hybridized carbons (Fsp3) is 0.357. The van der Waals surface area contributed by atoms with Gasteiger partial charge in [-0.1, -0.05) is 0 Å². The summed E-state index contributed by atoms with van der Waals surface area (Å²) in [5.41, 5.74) is -0.113. The van der Waals surface area contributed by atoms with Crippen molar-refractivity contribution in [2.75, 3.05) is 21.3 Å². The first-order chi connectivity index (χ1) is 9.89. The lowest BCUT2D eigenvalue weighted by Crippen LogP contribution is -2.28. The van der Waals surface area contributed by atoms with Gasteiger partial charge in [0.2, 0.25) is 5.79 Å². The standard InChI is InChI=1S/C14H16O7/c1-14(19-3,20-4)12-10(13(17)18-2)9-7(15)5-6-8(16)11(9)21-12/h5-6,15-16H,1-4H3. The van der Waals surface area contributed by atoms with Crippen LogP contribution in [-0.4, -0.2) is 37.5 Å². The number of ether oxygens (including phenoxy) is 3. The van der Waals surface area contributed by atoms with Gasteiger partial charge in [0.05, 0.1) is 12.5 Å². The third-order valence-corrected chi connectivity index (χ3v) is 3.38. The summed E-state index contributed by atoms with van der Waals surface area (Å²) in [5, 5.41) is 19.9. The van der Waals surface area contributed by atoms with Crippen LogP contribution in [0.3, 0.4) is 0 Å². The Morgan fingerprint density at radius 1 is 1.14 bits per heavy atom. The molecule has 0 aliphatic heterocycles. The Labute approximate surface area is 120 Å². The Hall–Kier alpha value is -2.25. The van der Waals surface area contributed by atoms with E-state index >= 15 is 0 Å². The molecule has 7 heteroatoms. The molecule has 2 N–H and O–H groups in total. The molecule has 0 saturated heterocycles. The fourth-order valence-corrected chi connectivity index (χ4v) is 2.06. The number of methoxy groups -OCH3 is 3. The molecule has 0 spiro atoms. The maximum absolute atomic E-state index is 12.1. The quantitative estimate of drug-likeness (QED) is 0.506. The van der Waals surface area contributed by atoms with Crippen LogP contribution in [-0.2, 0) is 20.0 Å². The van der Waals surface area contributed by atoms with Crippen molar-refractivity contribution in [3.05, 3.63) is 23.5 Å². The van der Waals surface area contributed by atoms with Gasteiger partial charge in [0.15, 0.2) is 17.1 Å². The first-order valence-corrected chi connectivity index (χ1v) is 6.06. The van der Waals surface area contributed by atoms with Crippen LogP contribution in [0.2, 0.25) is 0 Å². The second-order valence-corrected chi connectivity index (χ2v) is 4.46. The van der Waals surface area contributed by atoms with Crippen molar-refractivity contribution in [1.82, 2.24) is 0 Å². The summed E-state index contributed by atoms with van der Waals surface area (Å²) in [6.07, 6.45) is 0. The van der Waals surface area contributed by atoms with Gasteiger partial charge < -0.3 is 28.8 Å². The van der Waals surface area contributed by atoms with E-state index in [1.807, 2.05) is 0 Å². The lowest BCUT2D eigenvalue weighted by molar-refractivity contribution is -0.212. The molecular weight excluding hydrogens is 280 g/mol. The van der Waals surface area contributed by atoms with Gasteiger partial charge in [-0.15, -0.1) is 0 Å². The average molecular weight is 296 g/mol.